The summed E-state index contributed by atoms with van der Waals surface area (Å²) in [6.45, 7) is 3.81. The van der Waals surface area contributed by atoms with Gasteiger partial charge in [0.2, 0.25) is 0 Å². The molecule has 0 heterocycles. The van der Waals surface area contributed by atoms with Crippen molar-refractivity contribution >= 4 is 28.9 Å². The summed E-state index contributed by atoms with van der Waals surface area (Å²) in [4.78, 5) is 10.3. The summed E-state index contributed by atoms with van der Waals surface area (Å²) in [7, 11) is 0. The maximum Gasteiger partial charge on any atom is 0.293 e. The number of nitro groups is 1. The molecular weight excluding hydrogens is 253 g/mol. The van der Waals surface area contributed by atoms with Gasteiger partial charge in [0.15, 0.2) is 0 Å². The van der Waals surface area contributed by atoms with Crippen LogP contribution in [0.3, 0.4) is 0 Å². The average molecular weight is 264 g/mol. The second kappa shape index (κ2) is 5.48. The minimum atomic E-state index is -0.530. The topological polar surface area (TPSA) is 52.4 Å². The number of ether oxygens (including phenoxy) is 1. The second-order valence-electron chi connectivity index (χ2n) is 3.51. The van der Waals surface area contributed by atoms with E-state index in [2.05, 4.69) is 0 Å². The fourth-order valence-corrected chi connectivity index (χ4v) is 1.79. The van der Waals surface area contributed by atoms with Crippen LogP contribution in [0, 0.1) is 10.1 Å². The van der Waals surface area contributed by atoms with Crippen LogP contribution in [-0.4, -0.2) is 11.0 Å². The highest BCUT2D eigenvalue weighted by molar-refractivity contribution is 6.36. The van der Waals surface area contributed by atoms with E-state index in [-0.39, 0.29) is 23.4 Å². The zero-order valence-corrected chi connectivity index (χ0v) is 10.4. The molecule has 0 amide bonds. The number of nitro benzene ring substituents is 1. The standard InChI is InChI=1S/C10H11Cl2NO3/c1-6(2)16-5-7-3-8(11)4-9(12)10(7)13(14)15/h3-4,6H,5H2,1-2H3. The Kier molecular flexibility index (Phi) is 4.53. The molecule has 6 heteroatoms. The Balaban J connectivity index is 3.09. The Labute approximate surface area is 103 Å². The number of rotatable bonds is 4. The molecule has 0 fully saturated rings. The highest BCUT2D eigenvalue weighted by Crippen LogP contribution is 2.32. The lowest BCUT2D eigenvalue weighted by Crippen LogP contribution is -2.05. The fourth-order valence-electron chi connectivity index (χ4n) is 1.19. The normalized spacial score (nSPS) is 10.8. The quantitative estimate of drug-likeness (QED) is 0.613. The van der Waals surface area contributed by atoms with Crippen molar-refractivity contribution in [2.75, 3.05) is 0 Å². The minimum absolute atomic E-state index is 0.0163. The molecular formula is C10H11Cl2NO3. The van der Waals surface area contributed by atoms with Gasteiger partial charge < -0.3 is 4.74 Å². The second-order valence-corrected chi connectivity index (χ2v) is 4.36. The number of hydrogen-bond donors (Lipinski definition) is 0. The van der Waals surface area contributed by atoms with Gasteiger partial charge in [-0.1, -0.05) is 23.2 Å². The predicted molar refractivity (Wildman–Crippen MR) is 63.0 cm³/mol. The zero-order valence-electron chi connectivity index (χ0n) is 8.87. The first-order valence-electron chi connectivity index (χ1n) is 4.65. The number of benzene rings is 1. The van der Waals surface area contributed by atoms with E-state index in [9.17, 15) is 10.1 Å². The van der Waals surface area contributed by atoms with E-state index in [4.69, 9.17) is 27.9 Å². The predicted octanol–water partition coefficient (Wildman–Crippen LogP) is 3.83. The van der Waals surface area contributed by atoms with Gasteiger partial charge in [0.05, 0.1) is 23.2 Å². The molecule has 0 radical (unpaired) electrons. The van der Waals surface area contributed by atoms with Crippen LogP contribution in [0.25, 0.3) is 0 Å². The fraction of sp³-hybridized carbons (Fsp3) is 0.400. The highest BCUT2D eigenvalue weighted by atomic mass is 35.5. The summed E-state index contributed by atoms with van der Waals surface area (Å²) >= 11 is 11.5. The summed E-state index contributed by atoms with van der Waals surface area (Å²) in [5.41, 5.74) is 0.239. The molecule has 0 bridgehead atoms. The van der Waals surface area contributed by atoms with Gasteiger partial charge in [0, 0.05) is 5.02 Å². The molecule has 0 aliphatic rings. The molecule has 0 N–H and O–H groups in total. The van der Waals surface area contributed by atoms with Crippen LogP contribution in [0.15, 0.2) is 12.1 Å². The number of hydrogen-bond acceptors (Lipinski definition) is 3. The molecule has 0 aliphatic heterocycles. The minimum Gasteiger partial charge on any atom is -0.374 e. The van der Waals surface area contributed by atoms with Gasteiger partial charge >= 0.3 is 0 Å². The SMILES string of the molecule is CC(C)OCc1cc(Cl)cc(Cl)c1[N+](=O)[O-]. The third kappa shape index (κ3) is 3.33. The van der Waals surface area contributed by atoms with Crippen molar-refractivity contribution in [3.63, 3.8) is 0 Å². The molecule has 0 unspecified atom stereocenters. The first-order chi connectivity index (χ1) is 7.41. The van der Waals surface area contributed by atoms with Crippen molar-refractivity contribution in [2.24, 2.45) is 0 Å². The zero-order chi connectivity index (χ0) is 12.3. The Morgan fingerprint density at radius 1 is 1.44 bits per heavy atom. The lowest BCUT2D eigenvalue weighted by Gasteiger charge is -2.09. The van der Waals surface area contributed by atoms with Crippen LogP contribution >= 0.6 is 23.2 Å². The van der Waals surface area contributed by atoms with Gasteiger partial charge in [0.1, 0.15) is 5.02 Å². The van der Waals surface area contributed by atoms with Gasteiger partial charge in [-0.05, 0) is 26.0 Å². The van der Waals surface area contributed by atoms with Crippen molar-refractivity contribution in [2.45, 2.75) is 26.6 Å². The van der Waals surface area contributed by atoms with Crippen LogP contribution in [0.2, 0.25) is 10.0 Å². The van der Waals surface area contributed by atoms with E-state index >= 15 is 0 Å². The molecule has 0 spiro atoms. The lowest BCUT2D eigenvalue weighted by atomic mass is 10.2. The molecule has 88 valence electrons. The monoisotopic (exact) mass is 263 g/mol. The Morgan fingerprint density at radius 2 is 2.06 bits per heavy atom. The molecule has 1 rings (SSSR count). The molecule has 0 atom stereocenters. The summed E-state index contributed by atoms with van der Waals surface area (Å²) in [6.07, 6.45) is -0.0163. The van der Waals surface area contributed by atoms with Gasteiger partial charge in [-0.3, -0.25) is 10.1 Å². The van der Waals surface area contributed by atoms with Gasteiger partial charge in [-0.15, -0.1) is 0 Å². The largest absolute Gasteiger partial charge is 0.374 e. The number of nitrogens with zero attached hydrogens (tertiary/aromatic N) is 1. The van der Waals surface area contributed by atoms with Crippen molar-refractivity contribution in [1.82, 2.24) is 0 Å². The van der Waals surface area contributed by atoms with Crippen molar-refractivity contribution in [1.29, 1.82) is 0 Å². The van der Waals surface area contributed by atoms with Gasteiger partial charge in [0.25, 0.3) is 5.69 Å². The Hall–Kier alpha value is -0.840. The van der Waals surface area contributed by atoms with Crippen LogP contribution in [0.4, 0.5) is 5.69 Å². The summed E-state index contributed by atoms with van der Waals surface area (Å²) in [5, 5.41) is 11.2. The van der Waals surface area contributed by atoms with Crippen molar-refractivity contribution in [3.8, 4) is 0 Å². The Morgan fingerprint density at radius 3 is 2.56 bits per heavy atom. The first-order valence-corrected chi connectivity index (χ1v) is 5.41. The molecule has 0 saturated heterocycles. The summed E-state index contributed by atoms with van der Waals surface area (Å²) in [5.74, 6) is 0. The lowest BCUT2D eigenvalue weighted by molar-refractivity contribution is -0.385. The van der Waals surface area contributed by atoms with Crippen LogP contribution in [-0.2, 0) is 11.3 Å². The van der Waals surface area contributed by atoms with Gasteiger partial charge in [-0.25, -0.2) is 0 Å². The van der Waals surface area contributed by atoms with Crippen molar-refractivity contribution in [3.05, 3.63) is 37.9 Å². The molecule has 1 aromatic carbocycles. The smallest absolute Gasteiger partial charge is 0.293 e. The molecule has 0 aliphatic carbocycles. The van der Waals surface area contributed by atoms with E-state index in [1.165, 1.54) is 12.1 Å². The van der Waals surface area contributed by atoms with E-state index in [1.54, 1.807) is 0 Å². The van der Waals surface area contributed by atoms with Crippen LogP contribution in [0.5, 0.6) is 0 Å². The average Bonchev–Trinajstić information content (AvgIpc) is 2.12. The Bertz CT molecular complexity index is 407. The maximum absolute atomic E-state index is 10.8. The molecule has 1 aromatic rings. The molecule has 16 heavy (non-hydrogen) atoms. The number of halogens is 2. The van der Waals surface area contributed by atoms with E-state index in [0.29, 0.717) is 10.6 Å². The summed E-state index contributed by atoms with van der Waals surface area (Å²) in [6, 6.07) is 2.84. The van der Waals surface area contributed by atoms with E-state index < -0.39 is 4.92 Å². The van der Waals surface area contributed by atoms with Gasteiger partial charge in [-0.2, -0.15) is 0 Å². The molecule has 4 nitrogen and oxygen atoms in total. The first kappa shape index (κ1) is 13.2. The highest BCUT2D eigenvalue weighted by Gasteiger charge is 2.20. The van der Waals surface area contributed by atoms with Crippen LogP contribution in [0.1, 0.15) is 19.4 Å². The van der Waals surface area contributed by atoms with Crippen LogP contribution < -0.4 is 0 Å². The molecule has 0 aromatic heterocycles. The van der Waals surface area contributed by atoms with Crippen molar-refractivity contribution < 1.29 is 9.66 Å². The third-order valence-electron chi connectivity index (χ3n) is 1.86. The maximum atomic E-state index is 10.8. The summed E-state index contributed by atoms with van der Waals surface area (Å²) < 4.78 is 5.31. The van der Waals surface area contributed by atoms with E-state index in [1.807, 2.05) is 13.8 Å². The molecule has 0 saturated carbocycles. The third-order valence-corrected chi connectivity index (χ3v) is 2.37. The van der Waals surface area contributed by atoms with E-state index in [0.717, 1.165) is 0 Å².